The number of benzene rings is 15. The van der Waals surface area contributed by atoms with Crippen molar-refractivity contribution in [2.75, 3.05) is 42.7 Å². The van der Waals surface area contributed by atoms with E-state index in [-0.39, 0.29) is 28.8 Å². The highest BCUT2D eigenvalue weighted by molar-refractivity contribution is 6.93. The lowest BCUT2D eigenvalue weighted by atomic mass is 10.0. The molecule has 704 valence electrons. The van der Waals surface area contributed by atoms with Crippen LogP contribution in [0.4, 0.5) is 0 Å². The van der Waals surface area contributed by atoms with Gasteiger partial charge in [0.15, 0.2) is 57.3 Å². The molecule has 2 heterocycles. The van der Waals surface area contributed by atoms with Gasteiger partial charge in [-0.1, -0.05) is 327 Å². The molecule has 2 aliphatic carbocycles. The van der Waals surface area contributed by atoms with Crippen molar-refractivity contribution in [3.63, 3.8) is 0 Å². The fourth-order valence-electron chi connectivity index (χ4n) is 15.3. The molecule has 17 aromatic rings. The molecule has 19 rings (SSSR count). The molecule has 0 aliphatic heterocycles. The Balaban J connectivity index is 0.000000160. The van der Waals surface area contributed by atoms with Crippen molar-refractivity contribution in [3.05, 3.63) is 442 Å². The number of rotatable bonds is 22. The largest absolute Gasteiger partial charge is 0.507 e. The molecule has 2 aromatic heterocycles. The van der Waals surface area contributed by atoms with Crippen LogP contribution in [0, 0.1) is 12.2 Å². The maximum absolute atomic E-state index is 9.92. The summed E-state index contributed by atoms with van der Waals surface area (Å²) in [6, 6.07) is 126. The second-order valence-electron chi connectivity index (χ2n) is 31.1. The third-order valence-corrected chi connectivity index (χ3v) is 34.4. The maximum Gasteiger partial charge on any atom is 0.289 e. The minimum atomic E-state index is -1.42. The molecule has 15 aromatic carbocycles. The van der Waals surface area contributed by atoms with Crippen LogP contribution < -0.4 is 48.3 Å². The van der Waals surface area contributed by atoms with Crippen LogP contribution in [-0.4, -0.2) is 84.3 Å². The van der Waals surface area contributed by atoms with Gasteiger partial charge in [-0.25, -0.2) is 0 Å². The van der Waals surface area contributed by atoms with E-state index in [1.807, 2.05) is 261 Å². The Labute approximate surface area is 813 Å². The lowest BCUT2D eigenvalue weighted by molar-refractivity contribution is 0.303. The lowest BCUT2D eigenvalue weighted by Crippen LogP contribution is -2.46. The second-order valence-corrected chi connectivity index (χ2v) is 41.5. The molecule has 138 heavy (non-hydrogen) atoms. The number of hydrogen-bond donors (Lipinski definition) is 5. The van der Waals surface area contributed by atoms with Crippen molar-refractivity contribution in [2.24, 2.45) is 0 Å². The monoisotopic (exact) mass is 1870 g/mol. The number of ether oxygens (including phenoxy) is 9. The van der Waals surface area contributed by atoms with E-state index in [1.54, 1.807) is 121 Å². The van der Waals surface area contributed by atoms with E-state index < -0.39 is 16.1 Å². The van der Waals surface area contributed by atoms with E-state index in [9.17, 15) is 15.3 Å². The van der Waals surface area contributed by atoms with Crippen LogP contribution in [0.15, 0.2) is 439 Å². The van der Waals surface area contributed by atoms with E-state index >= 15 is 0 Å². The summed E-state index contributed by atoms with van der Waals surface area (Å²) in [6.07, 6.45) is 19.8. The molecular weight excluding hydrogens is 1750 g/mol. The molecule has 0 fully saturated rings. The highest BCUT2D eigenvalue weighted by Crippen LogP contribution is 2.40. The van der Waals surface area contributed by atoms with Crippen LogP contribution in [0.5, 0.6) is 86.2 Å². The number of aliphatic hydroxyl groups excluding tert-OH is 1. The molecular formula is C120H122O16Si2+2. The van der Waals surface area contributed by atoms with Gasteiger partial charge in [-0.05, 0) is 143 Å². The fourth-order valence-corrected chi connectivity index (χ4v) is 22.8. The molecule has 0 bridgehead atoms. The van der Waals surface area contributed by atoms with Gasteiger partial charge in [0.1, 0.15) is 63.4 Å². The third kappa shape index (κ3) is 29.6. The number of aliphatic hydroxyl groups is 1. The molecule has 18 heteroatoms. The Hall–Kier alpha value is -16.2. The molecule has 0 unspecified atom stereocenters. The highest BCUT2D eigenvalue weighted by atomic mass is 28.3. The van der Waals surface area contributed by atoms with Crippen LogP contribution >= 0.6 is 0 Å². The number of phenolic OH excluding ortho intramolecular Hbond substituents is 4. The standard InChI is InChI=1S/C18H22OSi.C18H24OSi.C13H10O2.3C13H12O2.C12H10O2.C7H8O2.C7H7O.C6H4O/c1-4-20(5-2,6-3)17-13-9-11-15-14-10-7-8-12-16(14)19-18(15)17;1-4-20(5-2,6-3)18-15-11-10-14-17(18)19-16-12-8-7-9-13-16;1-14-12-8-4-6-10-9-5-2-3-7-11(9)15-13(10)12;1-15-11-6-4-5-10(9-11)12-7-2-3-8-13(12)14;1-14-12-9-5-6-10-13(12)15-11-7-3-2-4-8-11;1-15-12-9-5-8-11(13(12)14)10-6-3-2-4-7-10;13-11-8-4-5-9-12(11)14-10-6-2-1-3-7-10;1-9-7-5-3-2-4-6(7)8;1-8-7-5-3-2-4-6-7;7-6-4-2-1-3-5-6/h7-13H,4-6H2,1-3H3;7-15H,4-6H2,1-3H3;2-8H,1H3;2-9,14H,1H3;2-10H,1H3;2-9,14H,1H3;1-9,13H;2-5,8H,1H3;2-5H,1H3;1-4H/q;;;;;;;;+1;/p+1. The van der Waals surface area contributed by atoms with Crippen LogP contribution in [0.3, 0.4) is 0 Å². The van der Waals surface area contributed by atoms with Gasteiger partial charge >= 0.3 is 0 Å². The normalized spacial score (nSPS) is 11.1. The molecule has 5 N–H and O–H groups in total. The number of aromatic hydroxyl groups is 4. The molecule has 16 nitrogen and oxygen atoms in total. The second kappa shape index (κ2) is 55.5. The first-order valence-electron chi connectivity index (χ1n) is 45.8. The molecule has 0 spiro atoms. The van der Waals surface area contributed by atoms with Crippen molar-refractivity contribution in [1.82, 2.24) is 0 Å². The van der Waals surface area contributed by atoms with Crippen molar-refractivity contribution in [2.45, 2.75) is 77.8 Å². The SMILES string of the molecule is CC[Si](CC)(CC)c1cccc2c1oc1ccccc12.CC[Si](CC)(CC)c1ccccc1Oc1ccccc1.COC1=CC=CC=[C+]1.COc1cccc(-c2ccccc2)c1O.COc1cccc(-c2ccccc2O)c1.COc1cccc2c1oc1ccccc12.COc1ccccc1O.COc1ccccc1Oc1ccccc1.OC1=CC=CC=[C+]1.Oc1ccccc1Oc1ccccc1. The van der Waals surface area contributed by atoms with Crippen molar-refractivity contribution >= 4 is 70.4 Å². The third-order valence-electron chi connectivity index (χ3n) is 23.2. The Kier molecular flexibility index (Phi) is 41.7. The van der Waals surface area contributed by atoms with E-state index in [1.165, 1.54) is 64.5 Å². The summed E-state index contributed by atoms with van der Waals surface area (Å²) < 4.78 is 59.6. The highest BCUT2D eigenvalue weighted by Gasteiger charge is 2.34. The van der Waals surface area contributed by atoms with Gasteiger partial charge < -0.3 is 77.0 Å². The van der Waals surface area contributed by atoms with Gasteiger partial charge in [-0.2, -0.15) is 0 Å². The van der Waals surface area contributed by atoms with Crippen LogP contribution in [0.1, 0.15) is 41.5 Å². The van der Waals surface area contributed by atoms with Crippen LogP contribution in [0.2, 0.25) is 36.3 Å². The van der Waals surface area contributed by atoms with Crippen LogP contribution in [-0.2, 0) is 4.74 Å². The minimum Gasteiger partial charge on any atom is -0.507 e. The molecule has 0 amide bonds. The smallest absolute Gasteiger partial charge is 0.289 e. The van der Waals surface area contributed by atoms with Crippen molar-refractivity contribution < 1.29 is 77.0 Å². The Morgan fingerprint density at radius 2 is 0.630 bits per heavy atom. The number of methoxy groups -OCH3 is 6. The first kappa shape index (κ1) is 104. The average Bonchev–Trinajstić information content (AvgIpc) is 1.61. The number of para-hydroxylation sites is 16. The first-order chi connectivity index (χ1) is 67.5. The zero-order chi connectivity index (χ0) is 98.1. The van der Waals surface area contributed by atoms with Gasteiger partial charge in [0, 0.05) is 44.8 Å². The predicted octanol–water partition coefficient (Wildman–Crippen LogP) is 31.1. The first-order valence-corrected chi connectivity index (χ1v) is 51.1. The maximum atomic E-state index is 9.92. The summed E-state index contributed by atoms with van der Waals surface area (Å²) in [4.78, 5) is 0. The quantitative estimate of drug-likeness (QED) is 0.0316. The predicted molar refractivity (Wildman–Crippen MR) is 569 cm³/mol. The molecule has 0 atom stereocenters. The lowest BCUT2D eigenvalue weighted by Gasteiger charge is -2.30. The van der Waals surface area contributed by atoms with Gasteiger partial charge in [0.05, 0.1) is 95.3 Å². The van der Waals surface area contributed by atoms with E-state index in [0.717, 1.165) is 101 Å². The zero-order valence-corrected chi connectivity index (χ0v) is 82.3. The fraction of sp³-hybridized carbons (Fsp3) is 0.150. The summed E-state index contributed by atoms with van der Waals surface area (Å²) in [7, 11) is 6.78. The molecule has 0 saturated heterocycles. The van der Waals surface area contributed by atoms with Gasteiger partial charge in [-0.3, -0.25) is 0 Å². The van der Waals surface area contributed by atoms with Crippen LogP contribution in [0.25, 0.3) is 66.1 Å². The summed E-state index contributed by atoms with van der Waals surface area (Å²) in [6.45, 7) is 14.0. The zero-order valence-electron chi connectivity index (χ0n) is 80.3. The number of phenols is 4. The van der Waals surface area contributed by atoms with E-state index in [0.29, 0.717) is 23.0 Å². The summed E-state index contributed by atoms with van der Waals surface area (Å²) in [5.74, 6) is 9.79. The number of allylic oxidation sites excluding steroid dienone is 10. The Morgan fingerprint density at radius 1 is 0.261 bits per heavy atom. The molecule has 2 aliphatic rings. The Bertz CT molecular complexity index is 6720. The summed E-state index contributed by atoms with van der Waals surface area (Å²) >= 11 is 0. The number of fused-ring (bicyclic) bond motifs is 6. The topological polar surface area (TPSA) is 210 Å². The molecule has 0 radical (unpaired) electrons. The summed E-state index contributed by atoms with van der Waals surface area (Å²) in [5, 5.41) is 54.4. The average molecular weight is 1880 g/mol. The van der Waals surface area contributed by atoms with Gasteiger partial charge in [0.25, 0.3) is 11.5 Å². The summed E-state index contributed by atoms with van der Waals surface area (Å²) in [5.41, 5.74) is 7.41. The Morgan fingerprint density at radius 3 is 1.11 bits per heavy atom. The van der Waals surface area contributed by atoms with Crippen molar-refractivity contribution in [1.29, 1.82) is 0 Å². The minimum absolute atomic E-state index is 0.149. The van der Waals surface area contributed by atoms with Crippen molar-refractivity contribution in [3.8, 4) is 108 Å². The van der Waals surface area contributed by atoms with E-state index in [4.69, 9.17) is 61.7 Å². The number of furan rings is 2. The molecule has 0 saturated carbocycles. The van der Waals surface area contributed by atoms with Gasteiger partial charge in [0.2, 0.25) is 0 Å². The number of hydrogen-bond acceptors (Lipinski definition) is 16. The van der Waals surface area contributed by atoms with Gasteiger partial charge in [-0.15, -0.1) is 0 Å². The van der Waals surface area contributed by atoms with E-state index in [2.05, 4.69) is 126 Å².